The van der Waals surface area contributed by atoms with Crippen molar-refractivity contribution in [3.63, 3.8) is 0 Å². The van der Waals surface area contributed by atoms with Crippen LogP contribution in [0.3, 0.4) is 0 Å². The lowest BCUT2D eigenvalue weighted by Crippen LogP contribution is -2.14. The van der Waals surface area contributed by atoms with Gasteiger partial charge in [-0.15, -0.1) is 0 Å². The van der Waals surface area contributed by atoms with Crippen LogP contribution < -0.4 is 10.6 Å². The molecule has 0 aliphatic rings. The average molecular weight is 356 g/mol. The molecule has 0 aliphatic carbocycles. The minimum Gasteiger partial charge on any atom is -0.381 e. The Balaban J connectivity index is 1.67. The van der Waals surface area contributed by atoms with E-state index < -0.39 is 0 Å². The van der Waals surface area contributed by atoms with Crippen LogP contribution in [-0.4, -0.2) is 10.9 Å². The van der Waals surface area contributed by atoms with E-state index in [9.17, 15) is 9.18 Å². The summed E-state index contributed by atoms with van der Waals surface area (Å²) in [5.41, 5.74) is 2.47. The van der Waals surface area contributed by atoms with Gasteiger partial charge in [0.25, 0.3) is 5.91 Å². The van der Waals surface area contributed by atoms with Gasteiger partial charge in [-0.2, -0.15) is 0 Å². The van der Waals surface area contributed by atoms with Gasteiger partial charge in [0, 0.05) is 29.1 Å². The summed E-state index contributed by atoms with van der Waals surface area (Å²) in [6.07, 6.45) is 1.55. The van der Waals surface area contributed by atoms with Crippen LogP contribution in [0.5, 0.6) is 0 Å². The Labute approximate surface area is 149 Å². The third-order valence-corrected chi connectivity index (χ3v) is 3.90. The first-order valence-corrected chi connectivity index (χ1v) is 8.00. The molecule has 1 amide bonds. The first kappa shape index (κ1) is 16.9. The molecular weight excluding hydrogens is 341 g/mol. The summed E-state index contributed by atoms with van der Waals surface area (Å²) in [6, 6.07) is 16.5. The number of carbonyl (C=O) groups excluding carboxylic acids is 1. The highest BCUT2D eigenvalue weighted by Crippen LogP contribution is 2.17. The van der Waals surface area contributed by atoms with E-state index >= 15 is 0 Å². The third kappa shape index (κ3) is 4.55. The second kappa shape index (κ2) is 7.77. The molecule has 0 spiro atoms. The van der Waals surface area contributed by atoms with Gasteiger partial charge in [0.2, 0.25) is 0 Å². The largest absolute Gasteiger partial charge is 0.381 e. The van der Waals surface area contributed by atoms with Gasteiger partial charge in [0.05, 0.1) is 0 Å². The monoisotopic (exact) mass is 355 g/mol. The van der Waals surface area contributed by atoms with Crippen molar-refractivity contribution in [2.24, 2.45) is 0 Å². The van der Waals surface area contributed by atoms with Crippen LogP contribution in [0, 0.1) is 5.82 Å². The Hall–Kier alpha value is -2.92. The molecule has 0 unspecified atom stereocenters. The fourth-order valence-corrected chi connectivity index (χ4v) is 2.43. The molecular formula is C19H15ClFN3O. The molecule has 1 aromatic heterocycles. The number of halogens is 2. The van der Waals surface area contributed by atoms with Crippen LogP contribution in [0.4, 0.5) is 15.8 Å². The maximum Gasteiger partial charge on any atom is 0.274 e. The molecule has 25 heavy (non-hydrogen) atoms. The minimum absolute atomic E-state index is 0.258. The Kier molecular flexibility index (Phi) is 5.26. The summed E-state index contributed by atoms with van der Waals surface area (Å²) < 4.78 is 12.9. The van der Waals surface area contributed by atoms with Gasteiger partial charge in [0.15, 0.2) is 0 Å². The number of rotatable bonds is 5. The second-order valence-electron chi connectivity index (χ2n) is 5.34. The molecule has 0 saturated carbocycles. The minimum atomic E-state index is -0.368. The van der Waals surface area contributed by atoms with Crippen LogP contribution in [0.1, 0.15) is 16.1 Å². The lowest BCUT2D eigenvalue weighted by atomic mass is 10.2. The van der Waals surface area contributed by atoms with Crippen molar-refractivity contribution in [3.8, 4) is 0 Å². The van der Waals surface area contributed by atoms with Crippen LogP contribution in [0.15, 0.2) is 66.9 Å². The number of nitrogens with zero attached hydrogens (tertiary/aromatic N) is 1. The number of anilines is 2. The van der Waals surface area contributed by atoms with E-state index in [4.69, 9.17) is 11.6 Å². The van der Waals surface area contributed by atoms with E-state index in [0.29, 0.717) is 17.3 Å². The lowest BCUT2D eigenvalue weighted by Gasteiger charge is -2.09. The number of amides is 1. The zero-order valence-corrected chi connectivity index (χ0v) is 13.9. The fraction of sp³-hybridized carbons (Fsp3) is 0.0526. The Bertz CT molecular complexity index is 884. The average Bonchev–Trinajstić information content (AvgIpc) is 2.63. The van der Waals surface area contributed by atoms with E-state index in [2.05, 4.69) is 15.6 Å². The van der Waals surface area contributed by atoms with Gasteiger partial charge in [-0.3, -0.25) is 9.78 Å². The highest BCUT2D eigenvalue weighted by Gasteiger charge is 2.09. The quantitative estimate of drug-likeness (QED) is 0.695. The van der Waals surface area contributed by atoms with E-state index in [1.807, 2.05) is 24.3 Å². The predicted octanol–water partition coefficient (Wildman–Crippen LogP) is 4.74. The molecule has 0 atom stereocenters. The van der Waals surface area contributed by atoms with Crippen LogP contribution in [0.2, 0.25) is 5.02 Å². The van der Waals surface area contributed by atoms with Crippen LogP contribution in [-0.2, 0) is 6.54 Å². The molecule has 126 valence electrons. The molecule has 3 aromatic rings. The molecule has 0 aliphatic heterocycles. The summed E-state index contributed by atoms with van der Waals surface area (Å²) in [7, 11) is 0. The number of aromatic nitrogens is 1. The standard InChI is InChI=1S/C19H15ClFN3O/c20-17-4-2-1-3-13(17)12-23-16-9-10-22-18(11-16)19(25)24-15-7-5-14(21)6-8-15/h1-11H,12H2,(H,22,23)(H,24,25). The molecule has 0 bridgehead atoms. The summed E-state index contributed by atoms with van der Waals surface area (Å²) in [4.78, 5) is 16.3. The van der Waals surface area contributed by atoms with Crippen molar-refractivity contribution < 1.29 is 9.18 Å². The highest BCUT2D eigenvalue weighted by atomic mass is 35.5. The Morgan fingerprint density at radius 2 is 1.80 bits per heavy atom. The van der Waals surface area contributed by atoms with Crippen molar-refractivity contribution in [2.75, 3.05) is 10.6 Å². The van der Waals surface area contributed by atoms with Gasteiger partial charge < -0.3 is 10.6 Å². The number of pyridine rings is 1. The van der Waals surface area contributed by atoms with Crippen LogP contribution in [0.25, 0.3) is 0 Å². The van der Waals surface area contributed by atoms with Gasteiger partial charge in [0.1, 0.15) is 11.5 Å². The summed E-state index contributed by atoms with van der Waals surface area (Å²) >= 11 is 6.13. The van der Waals surface area contributed by atoms with Gasteiger partial charge in [-0.05, 0) is 48.0 Å². The van der Waals surface area contributed by atoms with Crippen molar-refractivity contribution in [1.29, 1.82) is 0 Å². The van der Waals surface area contributed by atoms with Gasteiger partial charge in [-0.1, -0.05) is 29.8 Å². The van der Waals surface area contributed by atoms with Crippen molar-refractivity contribution in [2.45, 2.75) is 6.54 Å². The summed E-state index contributed by atoms with van der Waals surface area (Å²) in [5.74, 6) is -0.727. The topological polar surface area (TPSA) is 54.0 Å². The number of hydrogen-bond donors (Lipinski definition) is 2. The molecule has 2 N–H and O–H groups in total. The molecule has 0 radical (unpaired) electrons. The molecule has 3 rings (SSSR count). The van der Waals surface area contributed by atoms with Gasteiger partial charge >= 0.3 is 0 Å². The van der Waals surface area contributed by atoms with E-state index in [1.165, 1.54) is 24.3 Å². The smallest absolute Gasteiger partial charge is 0.274 e. The van der Waals surface area contributed by atoms with Crippen molar-refractivity contribution >= 4 is 28.9 Å². The zero-order chi connectivity index (χ0) is 17.6. The molecule has 0 saturated heterocycles. The summed E-state index contributed by atoms with van der Waals surface area (Å²) in [6.45, 7) is 0.530. The normalized spacial score (nSPS) is 10.3. The molecule has 1 heterocycles. The first-order chi connectivity index (χ1) is 12.1. The Morgan fingerprint density at radius 1 is 1.04 bits per heavy atom. The van der Waals surface area contributed by atoms with Gasteiger partial charge in [-0.25, -0.2) is 4.39 Å². The highest BCUT2D eigenvalue weighted by molar-refractivity contribution is 6.31. The maximum atomic E-state index is 12.9. The number of carbonyl (C=O) groups is 1. The number of nitrogens with one attached hydrogen (secondary N) is 2. The second-order valence-corrected chi connectivity index (χ2v) is 5.74. The SMILES string of the molecule is O=C(Nc1ccc(F)cc1)c1cc(NCc2ccccc2Cl)ccn1. The zero-order valence-electron chi connectivity index (χ0n) is 13.2. The maximum absolute atomic E-state index is 12.9. The van der Waals surface area contributed by atoms with Crippen molar-refractivity contribution in [1.82, 2.24) is 4.98 Å². The molecule has 2 aromatic carbocycles. The van der Waals surface area contributed by atoms with E-state index in [-0.39, 0.29) is 17.4 Å². The number of benzene rings is 2. The Morgan fingerprint density at radius 3 is 2.56 bits per heavy atom. The lowest BCUT2D eigenvalue weighted by molar-refractivity contribution is 0.102. The molecule has 6 heteroatoms. The van der Waals surface area contributed by atoms with E-state index in [1.54, 1.807) is 18.3 Å². The third-order valence-electron chi connectivity index (χ3n) is 3.54. The van der Waals surface area contributed by atoms with Crippen LogP contribution >= 0.6 is 11.6 Å². The number of hydrogen-bond acceptors (Lipinski definition) is 3. The van der Waals surface area contributed by atoms with Crippen molar-refractivity contribution in [3.05, 3.63) is 89.0 Å². The summed E-state index contributed by atoms with van der Waals surface area (Å²) in [5, 5.41) is 6.57. The first-order valence-electron chi connectivity index (χ1n) is 7.62. The predicted molar refractivity (Wildman–Crippen MR) is 97.4 cm³/mol. The molecule has 0 fully saturated rings. The molecule has 4 nitrogen and oxygen atoms in total. The fourth-order valence-electron chi connectivity index (χ4n) is 2.23. The van der Waals surface area contributed by atoms with E-state index in [0.717, 1.165) is 11.3 Å².